The summed E-state index contributed by atoms with van der Waals surface area (Å²) in [5, 5.41) is 4.47. The van der Waals surface area contributed by atoms with E-state index in [4.69, 9.17) is 19.4 Å². The van der Waals surface area contributed by atoms with E-state index in [-0.39, 0.29) is 0 Å². The van der Waals surface area contributed by atoms with Gasteiger partial charge in [-0.1, -0.05) is 140 Å². The average Bonchev–Trinajstić information content (AvgIpc) is 3.81. The Morgan fingerprint density at radius 3 is 1.57 bits per heavy atom. The molecule has 0 N–H and O–H groups in total. The Morgan fingerprint density at radius 1 is 0.304 bits per heavy atom. The van der Waals surface area contributed by atoms with Crippen molar-refractivity contribution in [2.24, 2.45) is 0 Å². The van der Waals surface area contributed by atoms with Gasteiger partial charge in [-0.25, -0.2) is 15.0 Å². The summed E-state index contributed by atoms with van der Waals surface area (Å²) in [6.07, 6.45) is 0. The molecule has 262 valence electrons. The number of nitrogens with zero attached hydrogens (tertiary/aromatic N) is 4. The van der Waals surface area contributed by atoms with E-state index in [0.717, 1.165) is 66.5 Å². The highest BCUT2D eigenvalue weighted by atomic mass is 16.3. The van der Waals surface area contributed by atoms with Crippen LogP contribution in [0.2, 0.25) is 0 Å². The molecule has 5 heteroatoms. The van der Waals surface area contributed by atoms with E-state index in [1.54, 1.807) is 0 Å². The lowest BCUT2D eigenvalue weighted by molar-refractivity contribution is 0.668. The summed E-state index contributed by atoms with van der Waals surface area (Å²) in [5.41, 5.74) is 12.3. The molecule has 0 bridgehead atoms. The topological polar surface area (TPSA) is 56.7 Å². The van der Waals surface area contributed by atoms with Gasteiger partial charge in [0.15, 0.2) is 17.5 Å². The van der Waals surface area contributed by atoms with Crippen molar-refractivity contribution >= 4 is 43.7 Å². The molecule has 0 atom stereocenters. The number of hydrogen-bond donors (Lipinski definition) is 0. The third-order valence-corrected chi connectivity index (χ3v) is 10.6. The summed E-state index contributed by atoms with van der Waals surface area (Å²) in [5.74, 6) is 1.85. The number of hydrogen-bond acceptors (Lipinski definition) is 4. The van der Waals surface area contributed by atoms with Gasteiger partial charge in [-0.05, 0) is 70.8 Å². The van der Waals surface area contributed by atoms with E-state index in [2.05, 4.69) is 150 Å². The predicted molar refractivity (Wildman–Crippen MR) is 229 cm³/mol. The van der Waals surface area contributed by atoms with Gasteiger partial charge in [0.1, 0.15) is 11.2 Å². The second-order valence-electron chi connectivity index (χ2n) is 14.1. The minimum absolute atomic E-state index is 0.603. The van der Waals surface area contributed by atoms with Crippen LogP contribution >= 0.6 is 0 Å². The molecule has 3 aromatic heterocycles. The first-order valence-corrected chi connectivity index (χ1v) is 18.8. The Bertz CT molecular complexity index is 3240. The second kappa shape index (κ2) is 13.0. The molecule has 0 spiro atoms. The minimum atomic E-state index is 0.603. The molecule has 8 aromatic carbocycles. The van der Waals surface area contributed by atoms with Crippen molar-refractivity contribution in [2.45, 2.75) is 0 Å². The molecule has 0 aliphatic heterocycles. The van der Waals surface area contributed by atoms with Crippen LogP contribution in [-0.2, 0) is 0 Å². The third-order valence-electron chi connectivity index (χ3n) is 10.6. The van der Waals surface area contributed by atoms with Crippen LogP contribution in [0.4, 0.5) is 0 Å². The minimum Gasteiger partial charge on any atom is -0.456 e. The summed E-state index contributed by atoms with van der Waals surface area (Å²) in [4.78, 5) is 15.1. The molecular formula is C51H32N4O. The molecule has 0 amide bonds. The van der Waals surface area contributed by atoms with Gasteiger partial charge in [-0.3, -0.25) is 0 Å². The molecular weight excluding hydrogens is 685 g/mol. The van der Waals surface area contributed by atoms with E-state index in [1.165, 1.54) is 21.9 Å². The quantitative estimate of drug-likeness (QED) is 0.172. The van der Waals surface area contributed by atoms with Crippen LogP contribution in [0.25, 0.3) is 106 Å². The molecule has 0 saturated heterocycles. The van der Waals surface area contributed by atoms with Gasteiger partial charge in [0, 0.05) is 50.0 Å². The third kappa shape index (κ3) is 5.45. The first-order valence-electron chi connectivity index (χ1n) is 18.8. The van der Waals surface area contributed by atoms with Crippen molar-refractivity contribution < 1.29 is 4.42 Å². The smallest absolute Gasteiger partial charge is 0.164 e. The molecule has 0 fully saturated rings. The Morgan fingerprint density at radius 2 is 0.839 bits per heavy atom. The molecule has 0 saturated carbocycles. The first kappa shape index (κ1) is 31.9. The van der Waals surface area contributed by atoms with E-state index < -0.39 is 0 Å². The van der Waals surface area contributed by atoms with Crippen molar-refractivity contribution in [3.05, 3.63) is 194 Å². The molecule has 3 heterocycles. The van der Waals surface area contributed by atoms with Gasteiger partial charge < -0.3 is 8.98 Å². The van der Waals surface area contributed by atoms with Crippen molar-refractivity contribution in [2.75, 3.05) is 0 Å². The number of furan rings is 1. The van der Waals surface area contributed by atoms with Crippen LogP contribution in [0.1, 0.15) is 0 Å². The maximum atomic E-state index is 6.57. The monoisotopic (exact) mass is 716 g/mol. The van der Waals surface area contributed by atoms with Gasteiger partial charge in [0.2, 0.25) is 0 Å². The maximum absolute atomic E-state index is 6.57. The van der Waals surface area contributed by atoms with Crippen molar-refractivity contribution in [1.82, 2.24) is 19.5 Å². The summed E-state index contributed by atoms with van der Waals surface area (Å²) >= 11 is 0. The highest BCUT2D eigenvalue weighted by Crippen LogP contribution is 2.38. The van der Waals surface area contributed by atoms with Crippen molar-refractivity contribution in [3.8, 4) is 62.1 Å². The van der Waals surface area contributed by atoms with Gasteiger partial charge >= 0.3 is 0 Å². The zero-order valence-corrected chi connectivity index (χ0v) is 30.2. The number of rotatable bonds is 6. The Hall–Kier alpha value is -7.63. The Kier molecular flexibility index (Phi) is 7.42. The lowest BCUT2D eigenvalue weighted by Crippen LogP contribution is -2.00. The first-order chi connectivity index (χ1) is 27.7. The highest BCUT2D eigenvalue weighted by Gasteiger charge is 2.18. The molecule has 0 aliphatic carbocycles. The van der Waals surface area contributed by atoms with Gasteiger partial charge in [0.05, 0.1) is 11.0 Å². The van der Waals surface area contributed by atoms with E-state index >= 15 is 0 Å². The number of fused-ring (bicyclic) bond motifs is 6. The van der Waals surface area contributed by atoms with Crippen LogP contribution < -0.4 is 0 Å². The Balaban J connectivity index is 1.04. The van der Waals surface area contributed by atoms with Gasteiger partial charge in [-0.2, -0.15) is 0 Å². The number of benzene rings is 8. The van der Waals surface area contributed by atoms with Crippen LogP contribution in [0.3, 0.4) is 0 Å². The highest BCUT2D eigenvalue weighted by molar-refractivity contribution is 6.11. The fourth-order valence-corrected chi connectivity index (χ4v) is 7.92. The standard InChI is InChI=1S/C51H32N4O/c1-4-13-33(14-5-1)36-19-12-20-38(29-36)50-52-49(35-17-8-3-9-18-35)53-51(54-50)39-24-28-47-44(30-39)43-27-25-40(32-48(43)56-47)55-45-22-11-10-21-41(45)42-26-23-37(31-46(42)55)34-15-6-2-7-16-34/h1-32H. The van der Waals surface area contributed by atoms with Gasteiger partial charge in [0.25, 0.3) is 0 Å². The van der Waals surface area contributed by atoms with Crippen LogP contribution in [0, 0.1) is 0 Å². The molecule has 56 heavy (non-hydrogen) atoms. The summed E-state index contributed by atoms with van der Waals surface area (Å²) in [7, 11) is 0. The molecule has 11 rings (SSSR count). The number of aromatic nitrogens is 4. The maximum Gasteiger partial charge on any atom is 0.164 e. The summed E-state index contributed by atoms with van der Waals surface area (Å²) in [6, 6.07) is 67.5. The fraction of sp³-hybridized carbons (Fsp3) is 0. The van der Waals surface area contributed by atoms with Crippen LogP contribution in [0.5, 0.6) is 0 Å². The SMILES string of the molecule is c1ccc(-c2cccc(-c3nc(-c4ccccc4)nc(-c4ccc5oc6cc(-n7c8ccccc8c8ccc(-c9ccccc9)cc87)ccc6c5c4)n3)c2)cc1. The van der Waals surface area contributed by atoms with E-state index in [0.29, 0.717) is 17.5 Å². The van der Waals surface area contributed by atoms with E-state index in [1.807, 2.05) is 48.5 Å². The Labute approximate surface area is 322 Å². The average molecular weight is 717 g/mol. The summed E-state index contributed by atoms with van der Waals surface area (Å²) < 4.78 is 8.92. The lowest BCUT2D eigenvalue weighted by atomic mass is 10.0. The normalized spacial score (nSPS) is 11.6. The van der Waals surface area contributed by atoms with Gasteiger partial charge in [-0.15, -0.1) is 0 Å². The zero-order chi connectivity index (χ0) is 37.0. The van der Waals surface area contributed by atoms with Crippen molar-refractivity contribution in [1.29, 1.82) is 0 Å². The fourth-order valence-electron chi connectivity index (χ4n) is 7.92. The largest absolute Gasteiger partial charge is 0.456 e. The molecule has 0 aliphatic rings. The van der Waals surface area contributed by atoms with Crippen molar-refractivity contribution in [3.63, 3.8) is 0 Å². The number of para-hydroxylation sites is 1. The molecule has 11 aromatic rings. The molecule has 0 radical (unpaired) electrons. The molecule has 5 nitrogen and oxygen atoms in total. The van der Waals surface area contributed by atoms with Crippen LogP contribution in [-0.4, -0.2) is 19.5 Å². The van der Waals surface area contributed by atoms with Crippen LogP contribution in [0.15, 0.2) is 199 Å². The zero-order valence-electron chi connectivity index (χ0n) is 30.2. The lowest BCUT2D eigenvalue weighted by Gasteiger charge is -2.10. The second-order valence-corrected chi connectivity index (χ2v) is 14.1. The van der Waals surface area contributed by atoms with E-state index in [9.17, 15) is 0 Å². The predicted octanol–water partition coefficient (Wildman–Crippen LogP) is 13.2. The molecule has 0 unspecified atom stereocenters. The summed E-state index contributed by atoms with van der Waals surface area (Å²) in [6.45, 7) is 0.